The Morgan fingerprint density at radius 2 is 0.867 bits per heavy atom. The molecule has 1 heteroatoms. The number of fused-ring (bicyclic) bond motifs is 5. The Morgan fingerprint density at radius 3 is 1.49 bits per heavy atom. The lowest BCUT2D eigenvalue weighted by atomic mass is 9.86. The van der Waals surface area contributed by atoms with Crippen LogP contribution in [0.1, 0.15) is 32.9 Å². The number of furan rings is 1. The first kappa shape index (κ1) is 11.2. The molecule has 0 aliphatic rings. The summed E-state index contributed by atoms with van der Waals surface area (Å²) in [5, 5.41) is -2.11. The third-order valence-electron chi connectivity index (χ3n) is 7.40. The monoisotopic (exact) mass is 596 g/mol. The van der Waals surface area contributed by atoms with E-state index in [0.717, 1.165) is 0 Å². The zero-order valence-electron chi connectivity index (χ0n) is 46.7. The van der Waals surface area contributed by atoms with Gasteiger partial charge in [0.15, 0.2) is 0 Å². The van der Waals surface area contributed by atoms with Crippen molar-refractivity contribution in [2.45, 2.75) is 0 Å². The second-order valence-corrected chi connectivity index (χ2v) is 9.84. The zero-order valence-corrected chi connectivity index (χ0v) is 22.7. The van der Waals surface area contributed by atoms with Crippen LogP contribution in [0, 0.1) is 0 Å². The molecule has 1 heterocycles. The molecule has 0 N–H and O–H groups in total. The van der Waals surface area contributed by atoms with Crippen molar-refractivity contribution in [3.05, 3.63) is 169 Å². The number of hydrogen-bond donors (Lipinski definition) is 0. The Kier molecular flexibility index (Phi) is 2.58. The van der Waals surface area contributed by atoms with E-state index in [0.29, 0.717) is 0 Å². The molecule has 0 atom stereocenters. The van der Waals surface area contributed by atoms with E-state index < -0.39 is 189 Å². The summed E-state index contributed by atoms with van der Waals surface area (Å²) < 4.78 is 216. The van der Waals surface area contributed by atoms with Gasteiger partial charge in [0.1, 0.15) is 11.2 Å². The van der Waals surface area contributed by atoms with E-state index in [9.17, 15) is 4.11 Å². The average molecular weight is 597 g/mol. The lowest BCUT2D eigenvalue weighted by molar-refractivity contribution is 0.670. The van der Waals surface area contributed by atoms with Crippen LogP contribution >= 0.6 is 0 Å². The summed E-state index contributed by atoms with van der Waals surface area (Å²) in [6, 6.07) is -12.3. The van der Waals surface area contributed by atoms with Crippen molar-refractivity contribution in [2.75, 3.05) is 0 Å². The molecule has 9 aromatic rings. The Morgan fingerprint density at radius 1 is 0.356 bits per heavy atom. The molecular weight excluding hydrogens is 544 g/mol. The summed E-state index contributed by atoms with van der Waals surface area (Å²) in [5.41, 5.74) is -3.22. The van der Waals surface area contributed by atoms with E-state index in [1.54, 1.807) is 0 Å². The summed E-state index contributed by atoms with van der Waals surface area (Å²) in [6.45, 7) is 0. The van der Waals surface area contributed by atoms with Gasteiger partial charge in [-0.1, -0.05) is 157 Å². The van der Waals surface area contributed by atoms with E-state index in [4.69, 9.17) is 33.2 Å². The largest absolute Gasteiger partial charge is 0.455 e. The van der Waals surface area contributed by atoms with E-state index in [-0.39, 0.29) is 43.8 Å². The molecule has 0 saturated heterocycles. The van der Waals surface area contributed by atoms with Gasteiger partial charge in [0.05, 0.1) is 32.9 Å². The molecular formula is C44H28O. The lowest BCUT2D eigenvalue weighted by Crippen LogP contribution is -1.90. The highest BCUT2D eigenvalue weighted by Crippen LogP contribution is 2.44. The van der Waals surface area contributed by atoms with E-state index in [2.05, 4.69) is 0 Å². The predicted molar refractivity (Wildman–Crippen MR) is 190 cm³/mol. The maximum atomic E-state index is 9.45. The predicted octanol–water partition coefficient (Wildman–Crippen LogP) is 12.6. The van der Waals surface area contributed by atoms with Crippen LogP contribution in [0.25, 0.3) is 88.0 Å². The Bertz CT molecular complexity index is 3740. The van der Waals surface area contributed by atoms with Crippen molar-refractivity contribution in [1.29, 1.82) is 0 Å². The van der Waals surface area contributed by atoms with Gasteiger partial charge in [-0.15, -0.1) is 0 Å². The highest BCUT2D eigenvalue weighted by Gasteiger charge is 2.17. The number of hydrogen-bond acceptors (Lipinski definition) is 1. The van der Waals surface area contributed by atoms with E-state index in [1.807, 2.05) is 0 Å². The Labute approximate surface area is 295 Å². The maximum absolute atomic E-state index is 9.45. The zero-order chi connectivity index (χ0) is 50.6. The summed E-state index contributed by atoms with van der Waals surface area (Å²) in [4.78, 5) is 0. The van der Waals surface area contributed by atoms with Crippen LogP contribution in [0.3, 0.4) is 0 Å². The second-order valence-electron chi connectivity index (χ2n) is 9.84. The smallest absolute Gasteiger partial charge is 0.143 e. The van der Waals surface area contributed by atoms with Gasteiger partial charge in [0.25, 0.3) is 0 Å². The van der Waals surface area contributed by atoms with Crippen LogP contribution in [0.5, 0.6) is 0 Å². The minimum atomic E-state index is -0.816. The molecule has 9 rings (SSSR count). The number of para-hydroxylation sites is 1. The molecule has 1 nitrogen and oxygen atoms in total. The van der Waals surface area contributed by atoms with Crippen LogP contribution in [0.4, 0.5) is 0 Å². The molecule has 0 spiro atoms. The molecule has 8 aromatic carbocycles. The minimum absolute atomic E-state index is 0.0500. The van der Waals surface area contributed by atoms with Gasteiger partial charge in [-0.2, -0.15) is 0 Å². The van der Waals surface area contributed by atoms with Crippen LogP contribution < -0.4 is 0 Å². The molecule has 0 bridgehead atoms. The highest BCUT2D eigenvalue weighted by atomic mass is 16.3. The van der Waals surface area contributed by atoms with Crippen LogP contribution in [0.15, 0.2) is 174 Å². The van der Waals surface area contributed by atoms with Crippen LogP contribution in [0.2, 0.25) is 0 Å². The fourth-order valence-corrected chi connectivity index (χ4v) is 5.46. The third-order valence-corrected chi connectivity index (χ3v) is 7.40. The molecule has 0 amide bonds. The van der Waals surface area contributed by atoms with E-state index in [1.165, 1.54) is 24.3 Å². The minimum Gasteiger partial charge on any atom is -0.455 e. The molecule has 0 aliphatic heterocycles. The van der Waals surface area contributed by atoms with E-state index >= 15 is 0 Å². The standard InChI is InChI=1S/C44H28O/c1-3-12-30(13-4-1)34-20-11-21-39-40-28-33(26-27-41(40)45-44(34)39)29-22-24-32(25-23-29)43-37-18-9-7-16-35(37)42(31-14-5-2-6-15-31)36-17-8-10-19-38(36)43/h1-28H/i1D,2D,3D,4D,5D,6D,7D,8D,9D,10D,11D,12D,13D,14D,15D,16D,17D,18D,19D,20D,21D,26D,27D,28D. The fourth-order valence-electron chi connectivity index (χ4n) is 5.46. The summed E-state index contributed by atoms with van der Waals surface area (Å²) in [5.74, 6) is 0. The van der Waals surface area contributed by atoms with Crippen molar-refractivity contribution in [3.63, 3.8) is 0 Å². The van der Waals surface area contributed by atoms with Gasteiger partial charge in [0.2, 0.25) is 0 Å². The number of rotatable bonds is 4. The molecule has 45 heavy (non-hydrogen) atoms. The lowest BCUT2D eigenvalue weighted by Gasteiger charge is -2.18. The Balaban J connectivity index is 1.38. The molecule has 0 unspecified atom stereocenters. The first-order valence-corrected chi connectivity index (χ1v) is 13.5. The first-order valence-electron chi connectivity index (χ1n) is 25.5. The molecule has 0 fully saturated rings. The SMILES string of the molecule is [2H]c1c([2H])c([2H])c(-c2c([2H])c([2H])c([2H])c3c2oc2c([2H])c([2H])c(-c4ccc(-c5c6c([2H])c([2H])c([2H])c([2H])c6c(-c6c([2H])c([2H])c([2H])c([2H])c6[2H])c6c([2H])c([2H])c([2H])c([2H])c56)cc4)c([2H])c23)c([2H])c1[2H]. The summed E-state index contributed by atoms with van der Waals surface area (Å²) in [7, 11) is 0. The summed E-state index contributed by atoms with van der Waals surface area (Å²) in [6.07, 6.45) is 0. The molecule has 0 saturated carbocycles. The normalized spacial score (nSPS) is 19.0. The second kappa shape index (κ2) is 10.4. The molecule has 0 radical (unpaired) electrons. The maximum Gasteiger partial charge on any atom is 0.143 e. The van der Waals surface area contributed by atoms with Crippen molar-refractivity contribution in [2.24, 2.45) is 0 Å². The van der Waals surface area contributed by atoms with Gasteiger partial charge >= 0.3 is 0 Å². The highest BCUT2D eigenvalue weighted by molar-refractivity contribution is 6.21. The fraction of sp³-hybridized carbons (Fsp3) is 0. The Hall–Kier alpha value is -5.92. The summed E-state index contributed by atoms with van der Waals surface area (Å²) >= 11 is 0. The van der Waals surface area contributed by atoms with Gasteiger partial charge in [0, 0.05) is 16.3 Å². The van der Waals surface area contributed by atoms with Gasteiger partial charge in [-0.3, -0.25) is 0 Å². The average Bonchev–Trinajstić information content (AvgIpc) is 3.74. The van der Waals surface area contributed by atoms with Crippen molar-refractivity contribution < 1.29 is 37.3 Å². The van der Waals surface area contributed by atoms with Gasteiger partial charge < -0.3 is 4.42 Å². The quantitative estimate of drug-likeness (QED) is 0.184. The van der Waals surface area contributed by atoms with Crippen molar-refractivity contribution in [3.8, 4) is 44.5 Å². The van der Waals surface area contributed by atoms with Crippen LogP contribution in [-0.2, 0) is 0 Å². The molecule has 210 valence electrons. The molecule has 1 aromatic heterocycles. The van der Waals surface area contributed by atoms with Crippen LogP contribution in [-0.4, -0.2) is 0 Å². The number of benzene rings is 8. The third kappa shape index (κ3) is 4.17. The van der Waals surface area contributed by atoms with Gasteiger partial charge in [-0.25, -0.2) is 0 Å². The topological polar surface area (TPSA) is 13.1 Å². The van der Waals surface area contributed by atoms with Crippen molar-refractivity contribution in [1.82, 2.24) is 0 Å². The van der Waals surface area contributed by atoms with Crippen molar-refractivity contribution >= 4 is 43.5 Å². The van der Waals surface area contributed by atoms with Gasteiger partial charge in [-0.05, 0) is 72.6 Å². The molecule has 0 aliphatic carbocycles. The first-order chi connectivity index (χ1) is 32.3.